The molecule has 0 aliphatic carbocycles. The Hall–Kier alpha value is -1.87. The van der Waals surface area contributed by atoms with E-state index >= 15 is 0 Å². The number of carbonyl (C=O) groups excluding carboxylic acids is 1. The minimum atomic E-state index is 0.00788. The zero-order chi connectivity index (χ0) is 21.3. The number of aromatic nitrogens is 2. The van der Waals surface area contributed by atoms with Gasteiger partial charge >= 0.3 is 0 Å². The second-order valence-electron chi connectivity index (χ2n) is 7.76. The Labute approximate surface area is 185 Å². The van der Waals surface area contributed by atoms with Crippen LogP contribution in [0.25, 0.3) is 10.2 Å². The molecule has 0 spiro atoms. The third-order valence-corrected chi connectivity index (χ3v) is 7.71. The third kappa shape index (κ3) is 4.42. The molecule has 3 aromatic rings. The third-order valence-electron chi connectivity index (χ3n) is 5.61. The largest absolute Gasteiger partial charge is 0.379 e. The molecule has 4 rings (SSSR count). The molecule has 1 fully saturated rings. The van der Waals surface area contributed by atoms with Gasteiger partial charge in [0, 0.05) is 26.2 Å². The van der Waals surface area contributed by atoms with Crippen molar-refractivity contribution in [3.63, 3.8) is 0 Å². The number of morpholine rings is 1. The number of amides is 1. The number of anilines is 1. The molecule has 0 radical (unpaired) electrons. The number of nitrogens with zero attached hydrogens (tertiary/aromatic N) is 4. The van der Waals surface area contributed by atoms with Crippen LogP contribution in [0.2, 0.25) is 0 Å². The Balaban J connectivity index is 1.61. The molecular formula is C22H28N4O2S2. The Morgan fingerprint density at radius 3 is 2.60 bits per heavy atom. The van der Waals surface area contributed by atoms with Gasteiger partial charge in [0.2, 0.25) is 0 Å². The van der Waals surface area contributed by atoms with Gasteiger partial charge in [-0.25, -0.2) is 9.97 Å². The molecular weight excluding hydrogens is 416 g/mol. The van der Waals surface area contributed by atoms with Crippen LogP contribution < -0.4 is 4.90 Å². The van der Waals surface area contributed by atoms with Gasteiger partial charge in [0.05, 0.1) is 34.1 Å². The topological polar surface area (TPSA) is 58.6 Å². The maximum absolute atomic E-state index is 13.5. The molecule has 6 nitrogen and oxygen atoms in total. The molecule has 1 aliphatic rings. The van der Waals surface area contributed by atoms with Crippen LogP contribution in [0.1, 0.15) is 37.9 Å². The lowest BCUT2D eigenvalue weighted by atomic mass is 10.1. The highest BCUT2D eigenvalue weighted by molar-refractivity contribution is 7.22. The first-order valence-electron chi connectivity index (χ1n) is 10.4. The predicted molar refractivity (Wildman–Crippen MR) is 124 cm³/mol. The second kappa shape index (κ2) is 9.09. The summed E-state index contributed by atoms with van der Waals surface area (Å²) in [7, 11) is 0. The normalized spacial score (nSPS) is 15.1. The van der Waals surface area contributed by atoms with Crippen LogP contribution >= 0.6 is 22.7 Å². The van der Waals surface area contributed by atoms with Crippen molar-refractivity contribution < 1.29 is 9.53 Å². The average Bonchev–Trinajstić information content (AvgIpc) is 3.31. The molecule has 1 saturated heterocycles. The Kier molecular flexibility index (Phi) is 6.48. The number of fused-ring (bicyclic) bond motifs is 1. The van der Waals surface area contributed by atoms with Crippen molar-refractivity contribution >= 4 is 43.9 Å². The zero-order valence-electron chi connectivity index (χ0n) is 18.0. The predicted octanol–water partition coefficient (Wildman–Crippen LogP) is 4.36. The fourth-order valence-electron chi connectivity index (χ4n) is 3.74. The molecule has 0 N–H and O–H groups in total. The first-order valence-corrected chi connectivity index (χ1v) is 12.0. The van der Waals surface area contributed by atoms with Crippen molar-refractivity contribution in [2.24, 2.45) is 0 Å². The molecule has 3 heterocycles. The van der Waals surface area contributed by atoms with Crippen molar-refractivity contribution in [2.45, 2.75) is 34.1 Å². The number of benzene rings is 1. The molecule has 0 saturated carbocycles. The number of aryl methyl sites for hydroxylation is 4. The van der Waals surface area contributed by atoms with E-state index in [1.165, 1.54) is 22.5 Å². The Bertz CT molecular complexity index is 1050. The van der Waals surface area contributed by atoms with Crippen LogP contribution in [0.4, 0.5) is 5.13 Å². The standard InChI is InChI=1S/C22H28N4O2S2/c1-14-6-7-18-19(15(14)2)24-22(30-18)26(9-5-8-25-10-12-28-13-11-25)21(27)20-16(3)23-17(4)29-20/h6-7H,5,8-13H2,1-4H3. The van der Waals surface area contributed by atoms with Crippen LogP contribution in [-0.2, 0) is 4.74 Å². The van der Waals surface area contributed by atoms with Crippen LogP contribution in [0, 0.1) is 27.7 Å². The summed E-state index contributed by atoms with van der Waals surface area (Å²) in [6.45, 7) is 13.2. The van der Waals surface area contributed by atoms with E-state index in [1.807, 2.05) is 18.7 Å². The quantitative estimate of drug-likeness (QED) is 0.566. The fraction of sp³-hybridized carbons (Fsp3) is 0.500. The second-order valence-corrected chi connectivity index (χ2v) is 9.97. The van der Waals surface area contributed by atoms with Crippen LogP contribution in [-0.4, -0.2) is 60.2 Å². The van der Waals surface area contributed by atoms with Gasteiger partial charge < -0.3 is 4.74 Å². The minimum Gasteiger partial charge on any atom is -0.379 e. The van der Waals surface area contributed by atoms with E-state index in [2.05, 4.69) is 35.9 Å². The minimum absolute atomic E-state index is 0.00788. The van der Waals surface area contributed by atoms with Crippen molar-refractivity contribution in [3.05, 3.63) is 38.8 Å². The van der Waals surface area contributed by atoms with Crippen LogP contribution in [0.5, 0.6) is 0 Å². The number of hydrogen-bond acceptors (Lipinski definition) is 7. The number of thiazole rings is 2. The van der Waals surface area contributed by atoms with E-state index < -0.39 is 0 Å². The van der Waals surface area contributed by atoms with E-state index in [0.717, 1.165) is 65.3 Å². The number of carbonyl (C=O) groups is 1. The fourth-order valence-corrected chi connectivity index (χ4v) is 5.66. The van der Waals surface area contributed by atoms with Gasteiger partial charge in [-0.15, -0.1) is 11.3 Å². The zero-order valence-corrected chi connectivity index (χ0v) is 19.7. The van der Waals surface area contributed by atoms with Crippen molar-refractivity contribution in [2.75, 3.05) is 44.3 Å². The highest BCUT2D eigenvalue weighted by Gasteiger charge is 2.25. The lowest BCUT2D eigenvalue weighted by Crippen LogP contribution is -2.39. The summed E-state index contributed by atoms with van der Waals surface area (Å²) in [5.41, 5.74) is 4.20. The summed E-state index contributed by atoms with van der Waals surface area (Å²) in [6, 6.07) is 4.23. The van der Waals surface area contributed by atoms with Gasteiger partial charge in [0.25, 0.3) is 5.91 Å². The van der Waals surface area contributed by atoms with Crippen molar-refractivity contribution in [3.8, 4) is 0 Å². The smallest absolute Gasteiger partial charge is 0.272 e. The molecule has 1 aliphatic heterocycles. The maximum Gasteiger partial charge on any atom is 0.272 e. The van der Waals surface area contributed by atoms with Gasteiger partial charge in [-0.3, -0.25) is 14.6 Å². The lowest BCUT2D eigenvalue weighted by molar-refractivity contribution is 0.0376. The first-order chi connectivity index (χ1) is 14.4. The number of hydrogen-bond donors (Lipinski definition) is 0. The van der Waals surface area contributed by atoms with Gasteiger partial charge in [0.15, 0.2) is 5.13 Å². The summed E-state index contributed by atoms with van der Waals surface area (Å²) in [5, 5.41) is 1.69. The lowest BCUT2D eigenvalue weighted by Gasteiger charge is -2.27. The SMILES string of the molecule is Cc1nc(C)c(C(=O)N(CCCN2CCOCC2)c2nc3c(C)c(C)ccc3s2)s1. The van der Waals surface area contributed by atoms with E-state index in [9.17, 15) is 4.79 Å². The number of ether oxygens (including phenoxy) is 1. The van der Waals surface area contributed by atoms with Crippen LogP contribution in [0.3, 0.4) is 0 Å². The maximum atomic E-state index is 13.5. The van der Waals surface area contributed by atoms with Gasteiger partial charge in [0.1, 0.15) is 4.88 Å². The van der Waals surface area contributed by atoms with Crippen LogP contribution in [0.15, 0.2) is 12.1 Å². The molecule has 8 heteroatoms. The van der Waals surface area contributed by atoms with E-state index in [-0.39, 0.29) is 5.91 Å². The molecule has 1 aromatic carbocycles. The Morgan fingerprint density at radius 1 is 1.13 bits per heavy atom. The summed E-state index contributed by atoms with van der Waals surface area (Å²) >= 11 is 3.06. The molecule has 0 unspecified atom stereocenters. The van der Waals surface area contributed by atoms with Gasteiger partial charge in [-0.2, -0.15) is 0 Å². The number of rotatable bonds is 6. The van der Waals surface area contributed by atoms with Crippen molar-refractivity contribution in [1.29, 1.82) is 0 Å². The molecule has 0 bridgehead atoms. The van der Waals surface area contributed by atoms with Gasteiger partial charge in [-0.1, -0.05) is 17.4 Å². The molecule has 1 amide bonds. The molecule has 30 heavy (non-hydrogen) atoms. The monoisotopic (exact) mass is 444 g/mol. The molecule has 0 atom stereocenters. The summed E-state index contributed by atoms with van der Waals surface area (Å²) in [6.07, 6.45) is 0.899. The summed E-state index contributed by atoms with van der Waals surface area (Å²) < 4.78 is 6.56. The molecule has 2 aromatic heterocycles. The first kappa shape index (κ1) is 21.4. The van der Waals surface area contributed by atoms with E-state index in [1.54, 1.807) is 11.3 Å². The molecule has 160 valence electrons. The summed E-state index contributed by atoms with van der Waals surface area (Å²) in [4.78, 5) is 27.9. The average molecular weight is 445 g/mol. The van der Waals surface area contributed by atoms with E-state index in [0.29, 0.717) is 11.4 Å². The Morgan fingerprint density at radius 2 is 1.90 bits per heavy atom. The van der Waals surface area contributed by atoms with E-state index in [4.69, 9.17) is 9.72 Å². The van der Waals surface area contributed by atoms with Crippen molar-refractivity contribution in [1.82, 2.24) is 14.9 Å². The highest BCUT2D eigenvalue weighted by atomic mass is 32.1. The highest BCUT2D eigenvalue weighted by Crippen LogP contribution is 2.33. The summed E-state index contributed by atoms with van der Waals surface area (Å²) in [5.74, 6) is 0.00788. The van der Waals surface area contributed by atoms with Gasteiger partial charge in [-0.05, 0) is 51.3 Å².